The molecule has 1 aromatic heterocycles. The summed E-state index contributed by atoms with van der Waals surface area (Å²) in [6.45, 7) is 0.857. The van der Waals surface area contributed by atoms with E-state index in [1.165, 1.54) is 41.3 Å². The lowest BCUT2D eigenvalue weighted by Gasteiger charge is -2.26. The zero-order chi connectivity index (χ0) is 14.1. The van der Waals surface area contributed by atoms with Crippen LogP contribution in [0.1, 0.15) is 35.6 Å². The second-order valence-electron chi connectivity index (χ2n) is 5.78. The molecule has 1 unspecified atom stereocenters. The van der Waals surface area contributed by atoms with E-state index in [4.69, 9.17) is 4.42 Å². The van der Waals surface area contributed by atoms with E-state index in [1.54, 1.807) is 0 Å². The van der Waals surface area contributed by atoms with E-state index in [2.05, 4.69) is 41.7 Å². The summed E-state index contributed by atoms with van der Waals surface area (Å²) >= 11 is 0. The molecule has 1 heterocycles. The molecule has 0 amide bonds. The van der Waals surface area contributed by atoms with E-state index in [0.29, 0.717) is 6.04 Å². The van der Waals surface area contributed by atoms with Crippen LogP contribution in [0.4, 0.5) is 0 Å². The molecule has 1 aliphatic rings. The molecule has 0 spiro atoms. The molecule has 0 saturated heterocycles. The fraction of sp³-hybridized carbons (Fsp3) is 0.263. The predicted octanol–water partition coefficient (Wildman–Crippen LogP) is 4.60. The maximum atomic E-state index is 5.62. The van der Waals surface area contributed by atoms with Crippen molar-refractivity contribution < 1.29 is 4.42 Å². The largest absolute Gasteiger partial charge is 0.464 e. The summed E-state index contributed by atoms with van der Waals surface area (Å²) < 4.78 is 5.62. The zero-order valence-corrected chi connectivity index (χ0v) is 12.0. The predicted molar refractivity (Wildman–Crippen MR) is 85.2 cm³/mol. The fourth-order valence-corrected chi connectivity index (χ4v) is 3.37. The van der Waals surface area contributed by atoms with Crippen molar-refractivity contribution in [1.29, 1.82) is 0 Å². The molecule has 0 aliphatic heterocycles. The molecule has 4 rings (SSSR count). The second kappa shape index (κ2) is 5.38. The summed E-state index contributed by atoms with van der Waals surface area (Å²) in [7, 11) is 0. The van der Waals surface area contributed by atoms with Crippen LogP contribution >= 0.6 is 0 Å². The molecule has 1 N–H and O–H groups in total. The monoisotopic (exact) mass is 277 g/mol. The Balaban J connectivity index is 1.55. The molecule has 0 saturated carbocycles. The molecule has 2 nitrogen and oxygen atoms in total. The number of rotatable bonds is 3. The summed E-state index contributed by atoms with van der Waals surface area (Å²) in [6, 6.07) is 17.5. The number of aryl methyl sites for hydroxylation is 1. The SMILES string of the molecule is c1ccc2c(c1)CCCC2NCc1coc2ccccc12. The van der Waals surface area contributed by atoms with Gasteiger partial charge >= 0.3 is 0 Å². The van der Waals surface area contributed by atoms with E-state index in [9.17, 15) is 0 Å². The Hall–Kier alpha value is -2.06. The van der Waals surface area contributed by atoms with Crippen LogP contribution < -0.4 is 5.32 Å². The minimum Gasteiger partial charge on any atom is -0.464 e. The third-order valence-corrected chi connectivity index (χ3v) is 4.47. The minimum absolute atomic E-state index is 0.462. The van der Waals surface area contributed by atoms with Crippen molar-refractivity contribution in [2.24, 2.45) is 0 Å². The summed E-state index contributed by atoms with van der Waals surface area (Å²) in [5.41, 5.74) is 5.18. The van der Waals surface area contributed by atoms with Crippen LogP contribution in [-0.4, -0.2) is 0 Å². The average molecular weight is 277 g/mol. The second-order valence-corrected chi connectivity index (χ2v) is 5.78. The quantitative estimate of drug-likeness (QED) is 0.757. The molecule has 0 bridgehead atoms. The van der Waals surface area contributed by atoms with Gasteiger partial charge in [0, 0.05) is 23.5 Å². The number of para-hydroxylation sites is 1. The molecule has 1 aliphatic carbocycles. The van der Waals surface area contributed by atoms with Gasteiger partial charge in [0.15, 0.2) is 0 Å². The Labute approximate surface area is 124 Å². The van der Waals surface area contributed by atoms with Gasteiger partial charge < -0.3 is 9.73 Å². The van der Waals surface area contributed by atoms with Gasteiger partial charge in [0.25, 0.3) is 0 Å². The van der Waals surface area contributed by atoms with Crippen molar-refractivity contribution in [3.05, 3.63) is 71.5 Å². The number of nitrogens with one attached hydrogen (secondary N) is 1. The first-order valence-electron chi connectivity index (χ1n) is 7.68. The lowest BCUT2D eigenvalue weighted by atomic mass is 9.87. The Morgan fingerprint density at radius 1 is 1.05 bits per heavy atom. The Kier molecular flexibility index (Phi) is 3.24. The van der Waals surface area contributed by atoms with E-state index in [1.807, 2.05) is 18.4 Å². The van der Waals surface area contributed by atoms with Crippen LogP contribution in [0.2, 0.25) is 0 Å². The molecule has 21 heavy (non-hydrogen) atoms. The van der Waals surface area contributed by atoms with Gasteiger partial charge in [0.1, 0.15) is 5.58 Å². The van der Waals surface area contributed by atoms with Gasteiger partial charge in [0.05, 0.1) is 6.26 Å². The molecule has 2 heteroatoms. The Bertz CT molecular complexity index is 759. The minimum atomic E-state index is 0.462. The molecule has 2 aromatic carbocycles. The van der Waals surface area contributed by atoms with E-state index in [0.717, 1.165) is 12.1 Å². The van der Waals surface area contributed by atoms with Gasteiger partial charge in [-0.1, -0.05) is 42.5 Å². The lowest BCUT2D eigenvalue weighted by molar-refractivity contribution is 0.458. The maximum Gasteiger partial charge on any atom is 0.134 e. The molecular weight excluding hydrogens is 258 g/mol. The first-order valence-corrected chi connectivity index (χ1v) is 7.68. The summed E-state index contributed by atoms with van der Waals surface area (Å²) in [5.74, 6) is 0. The van der Waals surface area contributed by atoms with Crippen molar-refractivity contribution in [1.82, 2.24) is 5.32 Å². The topological polar surface area (TPSA) is 25.2 Å². The highest BCUT2D eigenvalue weighted by Gasteiger charge is 2.19. The zero-order valence-electron chi connectivity index (χ0n) is 12.0. The molecule has 0 radical (unpaired) electrons. The molecule has 1 atom stereocenters. The molecule has 106 valence electrons. The number of furan rings is 1. The third-order valence-electron chi connectivity index (χ3n) is 4.47. The smallest absolute Gasteiger partial charge is 0.134 e. The van der Waals surface area contributed by atoms with Crippen LogP contribution in [0.15, 0.2) is 59.2 Å². The highest BCUT2D eigenvalue weighted by molar-refractivity contribution is 5.80. The number of fused-ring (bicyclic) bond motifs is 2. The van der Waals surface area contributed by atoms with Crippen LogP contribution in [0.3, 0.4) is 0 Å². The van der Waals surface area contributed by atoms with Crippen LogP contribution in [0, 0.1) is 0 Å². The van der Waals surface area contributed by atoms with Gasteiger partial charge in [-0.2, -0.15) is 0 Å². The number of hydrogen-bond donors (Lipinski definition) is 1. The average Bonchev–Trinajstić information content (AvgIpc) is 2.96. The summed E-state index contributed by atoms with van der Waals surface area (Å²) in [6.07, 6.45) is 5.57. The highest BCUT2D eigenvalue weighted by Crippen LogP contribution is 2.30. The molecule has 0 fully saturated rings. The first kappa shape index (κ1) is 12.7. The maximum absolute atomic E-state index is 5.62. The standard InChI is InChI=1S/C19H19NO/c1-2-8-16-14(6-1)7-5-10-18(16)20-12-15-13-21-19-11-4-3-9-17(15)19/h1-4,6,8-9,11,13,18,20H,5,7,10,12H2. The molecular formula is C19H19NO. The van der Waals surface area contributed by atoms with Crippen LogP contribution in [-0.2, 0) is 13.0 Å². The third kappa shape index (κ3) is 2.36. The van der Waals surface area contributed by atoms with E-state index < -0.39 is 0 Å². The van der Waals surface area contributed by atoms with Crippen molar-refractivity contribution in [2.45, 2.75) is 31.8 Å². The van der Waals surface area contributed by atoms with Crippen LogP contribution in [0.5, 0.6) is 0 Å². The normalized spacial score (nSPS) is 17.8. The van der Waals surface area contributed by atoms with Crippen LogP contribution in [0.25, 0.3) is 11.0 Å². The Morgan fingerprint density at radius 3 is 2.90 bits per heavy atom. The van der Waals surface area contributed by atoms with Crippen molar-refractivity contribution in [3.8, 4) is 0 Å². The summed E-state index contributed by atoms with van der Waals surface area (Å²) in [5, 5.41) is 4.93. The highest BCUT2D eigenvalue weighted by atomic mass is 16.3. The van der Waals surface area contributed by atoms with E-state index >= 15 is 0 Å². The molecule has 3 aromatic rings. The van der Waals surface area contributed by atoms with Crippen molar-refractivity contribution in [3.63, 3.8) is 0 Å². The Morgan fingerprint density at radius 2 is 1.90 bits per heavy atom. The van der Waals surface area contributed by atoms with Gasteiger partial charge in [0.2, 0.25) is 0 Å². The van der Waals surface area contributed by atoms with Gasteiger partial charge in [-0.3, -0.25) is 0 Å². The summed E-state index contributed by atoms with van der Waals surface area (Å²) in [4.78, 5) is 0. The number of benzene rings is 2. The lowest BCUT2D eigenvalue weighted by Crippen LogP contribution is -2.24. The van der Waals surface area contributed by atoms with Crippen molar-refractivity contribution >= 4 is 11.0 Å². The van der Waals surface area contributed by atoms with Gasteiger partial charge in [-0.05, 0) is 36.5 Å². The van der Waals surface area contributed by atoms with Gasteiger partial charge in [-0.15, -0.1) is 0 Å². The van der Waals surface area contributed by atoms with E-state index in [-0.39, 0.29) is 0 Å². The fourth-order valence-electron chi connectivity index (χ4n) is 3.37. The van der Waals surface area contributed by atoms with Gasteiger partial charge in [-0.25, -0.2) is 0 Å². The first-order chi connectivity index (χ1) is 10.4. The van der Waals surface area contributed by atoms with Crippen molar-refractivity contribution in [2.75, 3.05) is 0 Å². The number of hydrogen-bond acceptors (Lipinski definition) is 2.